The maximum absolute atomic E-state index is 5.27. The predicted molar refractivity (Wildman–Crippen MR) is 252 cm³/mol. The molecule has 0 saturated heterocycles. The highest BCUT2D eigenvalue weighted by Crippen LogP contribution is 2.43. The molecule has 0 bridgehead atoms. The van der Waals surface area contributed by atoms with Crippen LogP contribution in [0, 0.1) is 0 Å². The van der Waals surface area contributed by atoms with Gasteiger partial charge in [-0.15, -0.1) is 0 Å². The third-order valence-electron chi connectivity index (χ3n) is 11.5. The van der Waals surface area contributed by atoms with E-state index in [0.717, 1.165) is 55.7 Å². The fourth-order valence-corrected chi connectivity index (χ4v) is 8.44. The second-order valence-corrected chi connectivity index (χ2v) is 15.2. The molecule has 0 fully saturated rings. The molecule has 0 radical (unpaired) electrons. The van der Waals surface area contributed by atoms with Crippen LogP contribution in [0.15, 0.2) is 231 Å². The lowest BCUT2D eigenvalue weighted by Gasteiger charge is -2.13. The summed E-state index contributed by atoms with van der Waals surface area (Å²) < 4.78 is 2.40. The van der Waals surface area contributed by atoms with Crippen LogP contribution in [0.4, 0.5) is 0 Å². The van der Waals surface area contributed by atoms with E-state index in [-0.39, 0.29) is 0 Å². The Balaban J connectivity index is 1.17. The number of benzene rings is 9. The van der Waals surface area contributed by atoms with Crippen LogP contribution < -0.4 is 0 Å². The standard InChI is InChI=1S/C57H38N4/c1-6-16-39(17-7-1)42-26-28-46(29-27-42)56-58-55(45-24-14-5-15-25-45)59-57(60-56)48-37-50(44-22-12-4-13-23-44)54-51-36-47(41-20-10-3-11-21-41)32-35-52(51)61(53(54)38-48)49-33-30-43(31-34-49)40-18-8-2-9-19-40/h1-38H. The molecule has 0 aliphatic carbocycles. The van der Waals surface area contributed by atoms with Crippen molar-refractivity contribution in [2.24, 2.45) is 0 Å². The number of nitrogens with zero attached hydrogens (tertiary/aromatic N) is 4. The van der Waals surface area contributed by atoms with Crippen molar-refractivity contribution in [2.75, 3.05) is 0 Å². The van der Waals surface area contributed by atoms with Gasteiger partial charge in [0.2, 0.25) is 0 Å². The molecule has 0 saturated carbocycles. The molecule has 2 heterocycles. The summed E-state index contributed by atoms with van der Waals surface area (Å²) in [5, 5.41) is 2.35. The first-order valence-corrected chi connectivity index (χ1v) is 20.6. The van der Waals surface area contributed by atoms with Crippen LogP contribution in [0.25, 0.3) is 106 Å². The highest BCUT2D eigenvalue weighted by molar-refractivity contribution is 6.17. The Morgan fingerprint density at radius 1 is 0.262 bits per heavy atom. The SMILES string of the molecule is c1ccc(-c2ccc(-c3nc(-c4ccccc4)nc(-c4cc(-c5ccccc5)c5c6cc(-c7ccccc7)ccc6n(-c6ccc(-c7ccccc7)cc6)c5c4)n3)cc2)cc1. The number of hydrogen-bond acceptors (Lipinski definition) is 3. The van der Waals surface area contributed by atoms with Gasteiger partial charge in [-0.1, -0.05) is 194 Å². The topological polar surface area (TPSA) is 43.6 Å². The molecule has 9 aromatic carbocycles. The van der Waals surface area contributed by atoms with E-state index < -0.39 is 0 Å². The highest BCUT2D eigenvalue weighted by Gasteiger charge is 2.21. The molecule has 0 unspecified atom stereocenters. The molecule has 0 N–H and O–H groups in total. The fourth-order valence-electron chi connectivity index (χ4n) is 8.44. The first kappa shape index (κ1) is 35.9. The Bertz CT molecular complexity index is 3290. The molecule has 2 aromatic heterocycles. The Hall–Kier alpha value is -8.21. The smallest absolute Gasteiger partial charge is 0.164 e. The first-order chi connectivity index (χ1) is 30.2. The van der Waals surface area contributed by atoms with Crippen LogP contribution in [0.2, 0.25) is 0 Å². The molecule has 0 spiro atoms. The maximum atomic E-state index is 5.27. The van der Waals surface area contributed by atoms with Gasteiger partial charge in [0.1, 0.15) is 0 Å². The van der Waals surface area contributed by atoms with Gasteiger partial charge in [0.15, 0.2) is 17.5 Å². The highest BCUT2D eigenvalue weighted by atomic mass is 15.0. The van der Waals surface area contributed by atoms with E-state index in [0.29, 0.717) is 17.5 Å². The zero-order chi connectivity index (χ0) is 40.5. The lowest BCUT2D eigenvalue weighted by Crippen LogP contribution is -2.01. The lowest BCUT2D eigenvalue weighted by atomic mass is 9.95. The lowest BCUT2D eigenvalue weighted by molar-refractivity contribution is 1.07. The van der Waals surface area contributed by atoms with Crippen LogP contribution >= 0.6 is 0 Å². The van der Waals surface area contributed by atoms with E-state index in [2.05, 4.69) is 211 Å². The van der Waals surface area contributed by atoms with Crippen LogP contribution in [0.1, 0.15) is 0 Å². The zero-order valence-electron chi connectivity index (χ0n) is 33.2. The number of fused-ring (bicyclic) bond motifs is 3. The summed E-state index contributed by atoms with van der Waals surface area (Å²) >= 11 is 0. The van der Waals surface area contributed by atoms with Gasteiger partial charge in [-0.3, -0.25) is 0 Å². The van der Waals surface area contributed by atoms with Crippen LogP contribution in [0.5, 0.6) is 0 Å². The molecule has 286 valence electrons. The molecule has 0 aliphatic rings. The van der Waals surface area contributed by atoms with Crippen molar-refractivity contribution in [1.29, 1.82) is 0 Å². The van der Waals surface area contributed by atoms with Gasteiger partial charge in [0, 0.05) is 33.2 Å². The van der Waals surface area contributed by atoms with Gasteiger partial charge in [-0.05, 0) is 80.9 Å². The molecule has 4 heteroatoms. The van der Waals surface area contributed by atoms with Gasteiger partial charge in [0.25, 0.3) is 0 Å². The monoisotopic (exact) mass is 778 g/mol. The second-order valence-electron chi connectivity index (χ2n) is 15.2. The largest absolute Gasteiger partial charge is 0.309 e. The van der Waals surface area contributed by atoms with Crippen molar-refractivity contribution >= 4 is 21.8 Å². The average molecular weight is 779 g/mol. The summed E-state index contributed by atoms with van der Waals surface area (Å²) in [5.74, 6) is 1.85. The molecular weight excluding hydrogens is 741 g/mol. The summed E-state index contributed by atoms with van der Waals surface area (Å²) in [6.45, 7) is 0. The summed E-state index contributed by atoms with van der Waals surface area (Å²) in [4.78, 5) is 15.6. The van der Waals surface area contributed by atoms with Gasteiger partial charge in [-0.25, -0.2) is 15.0 Å². The molecule has 11 rings (SSSR count). The Morgan fingerprint density at radius 2 is 0.639 bits per heavy atom. The molecule has 4 nitrogen and oxygen atoms in total. The van der Waals surface area contributed by atoms with Gasteiger partial charge >= 0.3 is 0 Å². The van der Waals surface area contributed by atoms with Gasteiger partial charge in [-0.2, -0.15) is 0 Å². The van der Waals surface area contributed by atoms with Crippen molar-refractivity contribution < 1.29 is 0 Å². The number of aromatic nitrogens is 4. The minimum atomic E-state index is 0.608. The minimum Gasteiger partial charge on any atom is -0.309 e. The van der Waals surface area contributed by atoms with Crippen molar-refractivity contribution in [2.45, 2.75) is 0 Å². The summed E-state index contributed by atoms with van der Waals surface area (Å²) in [7, 11) is 0. The quantitative estimate of drug-likeness (QED) is 0.154. The third-order valence-corrected chi connectivity index (χ3v) is 11.5. The average Bonchev–Trinajstić information content (AvgIpc) is 3.68. The van der Waals surface area contributed by atoms with E-state index in [1.807, 2.05) is 24.3 Å². The number of hydrogen-bond donors (Lipinski definition) is 0. The number of rotatable bonds is 8. The molecule has 0 aliphatic heterocycles. The molecule has 0 amide bonds. The van der Waals surface area contributed by atoms with Crippen LogP contribution in [-0.4, -0.2) is 19.5 Å². The summed E-state index contributed by atoms with van der Waals surface area (Å²) in [6, 6.07) is 81.2. The van der Waals surface area contributed by atoms with Crippen molar-refractivity contribution in [3.8, 4) is 84.4 Å². The first-order valence-electron chi connectivity index (χ1n) is 20.6. The normalized spacial score (nSPS) is 11.3. The van der Waals surface area contributed by atoms with E-state index in [4.69, 9.17) is 15.0 Å². The van der Waals surface area contributed by atoms with Crippen molar-refractivity contribution in [3.63, 3.8) is 0 Å². The fraction of sp³-hybridized carbons (Fsp3) is 0. The van der Waals surface area contributed by atoms with E-state index in [1.165, 1.54) is 33.0 Å². The minimum absolute atomic E-state index is 0.608. The van der Waals surface area contributed by atoms with Crippen LogP contribution in [-0.2, 0) is 0 Å². The Kier molecular flexibility index (Phi) is 9.14. The second kappa shape index (κ2) is 15.5. The van der Waals surface area contributed by atoms with Crippen LogP contribution in [0.3, 0.4) is 0 Å². The van der Waals surface area contributed by atoms with E-state index >= 15 is 0 Å². The molecule has 11 aromatic rings. The van der Waals surface area contributed by atoms with Gasteiger partial charge in [0.05, 0.1) is 11.0 Å². The molecular formula is C57H38N4. The summed E-state index contributed by atoms with van der Waals surface area (Å²) in [5.41, 5.74) is 15.3. The maximum Gasteiger partial charge on any atom is 0.164 e. The third kappa shape index (κ3) is 6.86. The van der Waals surface area contributed by atoms with Crippen molar-refractivity contribution in [3.05, 3.63) is 231 Å². The molecule has 61 heavy (non-hydrogen) atoms. The summed E-state index contributed by atoms with van der Waals surface area (Å²) in [6.07, 6.45) is 0. The van der Waals surface area contributed by atoms with Crippen molar-refractivity contribution in [1.82, 2.24) is 19.5 Å². The Morgan fingerprint density at radius 3 is 1.16 bits per heavy atom. The van der Waals surface area contributed by atoms with E-state index in [1.54, 1.807) is 0 Å². The van der Waals surface area contributed by atoms with Gasteiger partial charge < -0.3 is 4.57 Å². The van der Waals surface area contributed by atoms with E-state index in [9.17, 15) is 0 Å². The predicted octanol–water partition coefficient (Wildman–Crippen LogP) is 14.6. The molecule has 0 atom stereocenters. The zero-order valence-corrected chi connectivity index (χ0v) is 33.2. The Labute approximate surface area is 354 Å².